The molecule has 0 saturated heterocycles. The second-order valence-corrected chi connectivity index (χ2v) is 6.95. The number of primary amides is 1. The van der Waals surface area contributed by atoms with E-state index >= 15 is 0 Å². The number of hydrogen-bond donors (Lipinski definition) is 1. The lowest BCUT2D eigenvalue weighted by Gasteiger charge is -2.22. The Labute approximate surface area is 152 Å². The predicted molar refractivity (Wildman–Crippen MR) is 97.4 cm³/mol. The third-order valence-corrected chi connectivity index (χ3v) is 4.72. The summed E-state index contributed by atoms with van der Waals surface area (Å²) >= 11 is 4.76. The maximum Gasteiger partial charge on any atom is 0.237 e. The Bertz CT molecular complexity index is 708. The van der Waals surface area contributed by atoms with Gasteiger partial charge in [0.1, 0.15) is 5.82 Å². The smallest absolute Gasteiger partial charge is 0.237 e. The first-order valence-corrected chi connectivity index (χ1v) is 8.96. The fraction of sp³-hybridized carbons (Fsp3) is 0.176. The molecule has 4 nitrogen and oxygen atoms in total. The average molecular weight is 411 g/mol. The van der Waals surface area contributed by atoms with E-state index in [0.717, 1.165) is 9.37 Å². The molecule has 0 fully saturated rings. The van der Waals surface area contributed by atoms with Crippen molar-refractivity contribution in [3.63, 3.8) is 0 Å². The zero-order valence-electron chi connectivity index (χ0n) is 12.7. The molecule has 0 atom stereocenters. The molecule has 2 aromatic rings. The van der Waals surface area contributed by atoms with Crippen LogP contribution in [0.25, 0.3) is 0 Å². The highest BCUT2D eigenvalue weighted by atomic mass is 79.9. The van der Waals surface area contributed by atoms with Crippen molar-refractivity contribution in [3.8, 4) is 0 Å². The van der Waals surface area contributed by atoms with Gasteiger partial charge in [-0.15, -0.1) is 11.8 Å². The van der Waals surface area contributed by atoms with Crippen molar-refractivity contribution in [2.24, 2.45) is 5.73 Å². The summed E-state index contributed by atoms with van der Waals surface area (Å²) < 4.78 is 14.0. The molecule has 0 aliphatic rings. The lowest BCUT2D eigenvalue weighted by Crippen LogP contribution is -2.35. The van der Waals surface area contributed by atoms with Crippen LogP contribution in [0.5, 0.6) is 0 Å². The lowest BCUT2D eigenvalue weighted by molar-refractivity contribution is -0.118. The van der Waals surface area contributed by atoms with Gasteiger partial charge in [-0.05, 0) is 48.5 Å². The second-order valence-electron chi connectivity index (χ2n) is 4.98. The lowest BCUT2D eigenvalue weighted by atomic mass is 10.2. The van der Waals surface area contributed by atoms with Crippen molar-refractivity contribution in [1.29, 1.82) is 0 Å². The molecule has 0 heterocycles. The predicted octanol–water partition coefficient (Wildman–Crippen LogP) is 3.59. The Morgan fingerprint density at radius 1 is 1.08 bits per heavy atom. The van der Waals surface area contributed by atoms with Crippen LogP contribution in [0.4, 0.5) is 10.1 Å². The molecule has 2 N–H and O–H groups in total. The molecule has 0 aliphatic carbocycles. The minimum Gasteiger partial charge on any atom is -0.370 e. The van der Waals surface area contributed by atoms with Crippen LogP contribution in [0.15, 0.2) is 57.9 Å². The van der Waals surface area contributed by atoms with Crippen molar-refractivity contribution < 1.29 is 14.0 Å². The van der Waals surface area contributed by atoms with Crippen LogP contribution in [0, 0.1) is 5.82 Å². The fourth-order valence-corrected chi connectivity index (χ4v) is 3.03. The van der Waals surface area contributed by atoms with E-state index in [1.165, 1.54) is 40.9 Å². The van der Waals surface area contributed by atoms with Crippen molar-refractivity contribution in [2.75, 3.05) is 17.2 Å². The van der Waals surface area contributed by atoms with Gasteiger partial charge in [-0.2, -0.15) is 0 Å². The Kier molecular flexibility index (Phi) is 6.81. The van der Waals surface area contributed by atoms with Gasteiger partial charge in [-0.1, -0.05) is 15.9 Å². The van der Waals surface area contributed by atoms with Crippen molar-refractivity contribution in [2.45, 2.75) is 11.3 Å². The highest BCUT2D eigenvalue weighted by Gasteiger charge is 2.17. The molecule has 0 unspecified atom stereocenters. The Morgan fingerprint density at radius 3 is 2.29 bits per heavy atom. The fourth-order valence-electron chi connectivity index (χ4n) is 1.99. The van der Waals surface area contributed by atoms with Crippen LogP contribution >= 0.6 is 27.7 Å². The molecule has 7 heteroatoms. The Hall–Kier alpha value is -1.86. The summed E-state index contributed by atoms with van der Waals surface area (Å²) in [4.78, 5) is 26.0. The SMILES string of the molecule is NC(=O)CCN(C(=O)CSc1ccc(Br)cc1)c1ccc(F)cc1. The number of anilines is 1. The summed E-state index contributed by atoms with van der Waals surface area (Å²) in [6.45, 7) is 0.167. The molecule has 24 heavy (non-hydrogen) atoms. The van der Waals surface area contributed by atoms with Crippen molar-refractivity contribution >= 4 is 45.2 Å². The third kappa shape index (κ3) is 5.65. The van der Waals surface area contributed by atoms with E-state index in [-0.39, 0.29) is 30.4 Å². The van der Waals surface area contributed by atoms with Gasteiger partial charge in [0.25, 0.3) is 0 Å². The van der Waals surface area contributed by atoms with E-state index < -0.39 is 5.91 Å². The first-order chi connectivity index (χ1) is 11.5. The van der Waals surface area contributed by atoms with Crippen LogP contribution in [0.3, 0.4) is 0 Å². The van der Waals surface area contributed by atoms with Gasteiger partial charge in [0, 0.05) is 28.0 Å². The van der Waals surface area contributed by atoms with Gasteiger partial charge < -0.3 is 10.6 Å². The number of amides is 2. The quantitative estimate of drug-likeness (QED) is 0.709. The number of carbonyl (C=O) groups is 2. The summed E-state index contributed by atoms with van der Waals surface area (Å²) in [5.41, 5.74) is 5.72. The first kappa shape index (κ1) is 18.5. The largest absolute Gasteiger partial charge is 0.370 e. The normalized spacial score (nSPS) is 10.4. The molecule has 0 spiro atoms. The number of halogens is 2. The Balaban J connectivity index is 2.07. The molecular formula is C17H16BrFN2O2S. The molecule has 0 radical (unpaired) electrons. The number of hydrogen-bond acceptors (Lipinski definition) is 3. The van der Waals surface area contributed by atoms with Gasteiger partial charge in [0.15, 0.2) is 0 Å². The van der Waals surface area contributed by atoms with E-state index in [9.17, 15) is 14.0 Å². The molecule has 2 aromatic carbocycles. The molecule has 126 valence electrons. The highest BCUT2D eigenvalue weighted by Crippen LogP contribution is 2.23. The minimum atomic E-state index is -0.490. The van der Waals surface area contributed by atoms with Crippen LogP contribution < -0.4 is 10.6 Å². The molecule has 2 amide bonds. The summed E-state index contributed by atoms with van der Waals surface area (Å²) in [5, 5.41) is 0. The van der Waals surface area contributed by atoms with Gasteiger partial charge in [-0.25, -0.2) is 4.39 Å². The summed E-state index contributed by atoms with van der Waals surface area (Å²) in [6.07, 6.45) is 0.0477. The Morgan fingerprint density at radius 2 is 1.71 bits per heavy atom. The van der Waals surface area contributed by atoms with Crippen LogP contribution in [-0.4, -0.2) is 24.1 Å². The number of nitrogens with two attached hydrogens (primary N) is 1. The van der Waals surface area contributed by atoms with Crippen molar-refractivity contribution in [3.05, 3.63) is 58.8 Å². The molecule has 0 bridgehead atoms. The van der Waals surface area contributed by atoms with Crippen LogP contribution in [-0.2, 0) is 9.59 Å². The molecule has 0 aromatic heterocycles. The first-order valence-electron chi connectivity index (χ1n) is 7.18. The maximum atomic E-state index is 13.1. The monoisotopic (exact) mass is 410 g/mol. The zero-order valence-corrected chi connectivity index (χ0v) is 15.1. The molecule has 0 aliphatic heterocycles. The number of nitrogens with zero attached hydrogens (tertiary/aromatic N) is 1. The van der Waals surface area contributed by atoms with Crippen LogP contribution in [0.1, 0.15) is 6.42 Å². The van der Waals surface area contributed by atoms with E-state index in [1.807, 2.05) is 24.3 Å². The standard InChI is InChI=1S/C17H16BrFN2O2S/c18-12-1-7-15(8-2-12)24-11-17(23)21(10-9-16(20)22)14-5-3-13(19)4-6-14/h1-8H,9-11H2,(H2,20,22). The number of carbonyl (C=O) groups excluding carboxylic acids is 2. The summed E-state index contributed by atoms with van der Waals surface area (Å²) in [6, 6.07) is 13.2. The van der Waals surface area contributed by atoms with E-state index in [0.29, 0.717) is 5.69 Å². The maximum absolute atomic E-state index is 13.1. The summed E-state index contributed by atoms with van der Waals surface area (Å²) in [7, 11) is 0. The number of rotatable bonds is 7. The van der Waals surface area contributed by atoms with Gasteiger partial charge in [-0.3, -0.25) is 9.59 Å². The van der Waals surface area contributed by atoms with Crippen molar-refractivity contribution in [1.82, 2.24) is 0 Å². The number of thioether (sulfide) groups is 1. The topological polar surface area (TPSA) is 63.4 Å². The van der Waals surface area contributed by atoms with E-state index in [2.05, 4.69) is 15.9 Å². The molecule has 2 rings (SSSR count). The molecular weight excluding hydrogens is 395 g/mol. The van der Waals surface area contributed by atoms with E-state index in [1.54, 1.807) is 0 Å². The zero-order chi connectivity index (χ0) is 17.5. The average Bonchev–Trinajstić information content (AvgIpc) is 2.56. The van der Waals surface area contributed by atoms with Crippen LogP contribution in [0.2, 0.25) is 0 Å². The molecule has 0 saturated carbocycles. The second kappa shape index (κ2) is 8.84. The third-order valence-electron chi connectivity index (χ3n) is 3.20. The van der Waals surface area contributed by atoms with Gasteiger partial charge in [0.05, 0.1) is 5.75 Å². The van der Waals surface area contributed by atoms with Gasteiger partial charge in [0.2, 0.25) is 11.8 Å². The highest BCUT2D eigenvalue weighted by molar-refractivity contribution is 9.10. The number of benzene rings is 2. The van der Waals surface area contributed by atoms with E-state index in [4.69, 9.17) is 5.73 Å². The summed E-state index contributed by atoms with van der Waals surface area (Å²) in [5.74, 6) is -0.839. The van der Waals surface area contributed by atoms with Gasteiger partial charge >= 0.3 is 0 Å². The minimum absolute atomic E-state index is 0.0477.